The second kappa shape index (κ2) is 5.48. The Bertz CT molecular complexity index is 439. The zero-order valence-electron chi connectivity index (χ0n) is 10.6. The van der Waals surface area contributed by atoms with E-state index in [0.717, 1.165) is 11.1 Å². The Kier molecular flexibility index (Phi) is 4.26. The lowest BCUT2D eigenvalue weighted by atomic mass is 10.1. The van der Waals surface area contributed by atoms with Crippen molar-refractivity contribution in [1.82, 2.24) is 5.32 Å². The molecule has 0 saturated carbocycles. The summed E-state index contributed by atoms with van der Waals surface area (Å²) in [4.78, 5) is 23.0. The third kappa shape index (κ3) is 3.90. The van der Waals surface area contributed by atoms with E-state index in [1.807, 2.05) is 39.8 Å². The van der Waals surface area contributed by atoms with E-state index in [-0.39, 0.29) is 6.04 Å². The maximum absolute atomic E-state index is 11.6. The summed E-state index contributed by atoms with van der Waals surface area (Å²) >= 11 is 0. The molecule has 0 unspecified atom stereocenters. The van der Waals surface area contributed by atoms with Crippen molar-refractivity contribution in [2.75, 3.05) is 5.32 Å². The molecule has 1 rings (SSSR count). The number of carbonyl (C=O) groups is 2. The molecule has 0 aromatic heterocycles. The van der Waals surface area contributed by atoms with Crippen molar-refractivity contribution < 1.29 is 9.59 Å². The van der Waals surface area contributed by atoms with Gasteiger partial charge in [-0.1, -0.05) is 17.7 Å². The molecule has 1 aromatic carbocycles. The molecule has 0 radical (unpaired) electrons. The molecule has 4 heteroatoms. The van der Waals surface area contributed by atoms with Crippen LogP contribution >= 0.6 is 0 Å². The molecule has 0 fully saturated rings. The summed E-state index contributed by atoms with van der Waals surface area (Å²) in [7, 11) is 0. The van der Waals surface area contributed by atoms with Gasteiger partial charge in [0.1, 0.15) is 0 Å². The Labute approximate surface area is 101 Å². The highest BCUT2D eigenvalue weighted by Gasteiger charge is 2.15. The highest BCUT2D eigenvalue weighted by molar-refractivity contribution is 6.39. The monoisotopic (exact) mass is 234 g/mol. The second-order valence-corrected chi connectivity index (χ2v) is 4.40. The average Bonchev–Trinajstić information content (AvgIpc) is 2.21. The molecule has 17 heavy (non-hydrogen) atoms. The van der Waals surface area contributed by atoms with E-state index >= 15 is 0 Å². The molecule has 0 atom stereocenters. The minimum absolute atomic E-state index is 0.0487. The van der Waals surface area contributed by atoms with Crippen LogP contribution < -0.4 is 10.6 Å². The summed E-state index contributed by atoms with van der Waals surface area (Å²) in [6, 6.07) is 5.59. The first-order valence-electron chi connectivity index (χ1n) is 5.59. The van der Waals surface area contributed by atoms with Gasteiger partial charge in [0.15, 0.2) is 0 Å². The van der Waals surface area contributed by atoms with Crippen molar-refractivity contribution in [2.45, 2.75) is 33.7 Å². The van der Waals surface area contributed by atoms with Crippen LogP contribution in [-0.4, -0.2) is 17.9 Å². The molecule has 0 bridgehead atoms. The summed E-state index contributed by atoms with van der Waals surface area (Å²) in [5, 5.41) is 5.13. The normalized spacial score (nSPS) is 10.2. The Morgan fingerprint density at radius 3 is 2.29 bits per heavy atom. The average molecular weight is 234 g/mol. The SMILES string of the molecule is Cc1ccc(NC(=O)C(=O)NC(C)C)c(C)c1. The fraction of sp³-hybridized carbons (Fsp3) is 0.385. The summed E-state index contributed by atoms with van der Waals surface area (Å²) in [6.45, 7) is 7.48. The summed E-state index contributed by atoms with van der Waals surface area (Å²) in [5.74, 6) is -1.24. The highest BCUT2D eigenvalue weighted by Crippen LogP contribution is 2.15. The van der Waals surface area contributed by atoms with E-state index in [1.54, 1.807) is 6.07 Å². The lowest BCUT2D eigenvalue weighted by Gasteiger charge is -2.10. The van der Waals surface area contributed by atoms with E-state index in [9.17, 15) is 9.59 Å². The Morgan fingerprint density at radius 2 is 1.76 bits per heavy atom. The van der Waals surface area contributed by atoms with Gasteiger partial charge < -0.3 is 10.6 Å². The lowest BCUT2D eigenvalue weighted by molar-refractivity contribution is -0.136. The molecular weight excluding hydrogens is 216 g/mol. The van der Waals surface area contributed by atoms with Gasteiger partial charge in [-0.05, 0) is 39.3 Å². The third-order valence-corrected chi connectivity index (χ3v) is 2.26. The Balaban J connectivity index is 2.71. The molecule has 4 nitrogen and oxygen atoms in total. The number of hydrogen-bond acceptors (Lipinski definition) is 2. The molecular formula is C13H18N2O2. The van der Waals surface area contributed by atoms with Gasteiger partial charge in [0.25, 0.3) is 0 Å². The van der Waals surface area contributed by atoms with Crippen LogP contribution in [0.3, 0.4) is 0 Å². The molecule has 2 N–H and O–H groups in total. The largest absolute Gasteiger partial charge is 0.346 e. The van der Waals surface area contributed by atoms with Crippen LogP contribution in [0.5, 0.6) is 0 Å². The summed E-state index contributed by atoms with van der Waals surface area (Å²) < 4.78 is 0. The van der Waals surface area contributed by atoms with Crippen LogP contribution in [0.25, 0.3) is 0 Å². The molecule has 0 saturated heterocycles. The third-order valence-electron chi connectivity index (χ3n) is 2.26. The van der Waals surface area contributed by atoms with Crippen LogP contribution in [0, 0.1) is 13.8 Å². The van der Waals surface area contributed by atoms with E-state index in [1.165, 1.54) is 0 Å². The topological polar surface area (TPSA) is 58.2 Å². The minimum atomic E-state index is -0.634. The molecule has 92 valence electrons. The zero-order valence-corrected chi connectivity index (χ0v) is 10.6. The van der Waals surface area contributed by atoms with Crippen molar-refractivity contribution in [3.63, 3.8) is 0 Å². The van der Waals surface area contributed by atoms with Gasteiger partial charge in [-0.15, -0.1) is 0 Å². The maximum Gasteiger partial charge on any atom is 0.313 e. The Hall–Kier alpha value is -1.84. The first kappa shape index (κ1) is 13.2. The molecule has 0 heterocycles. The van der Waals surface area contributed by atoms with E-state index in [2.05, 4.69) is 10.6 Å². The van der Waals surface area contributed by atoms with Crippen LogP contribution in [0.4, 0.5) is 5.69 Å². The summed E-state index contributed by atoms with van der Waals surface area (Å²) in [6.07, 6.45) is 0. The number of hydrogen-bond donors (Lipinski definition) is 2. The fourth-order valence-electron chi connectivity index (χ4n) is 1.46. The van der Waals surface area contributed by atoms with Gasteiger partial charge >= 0.3 is 11.8 Å². The Morgan fingerprint density at radius 1 is 1.12 bits per heavy atom. The van der Waals surface area contributed by atoms with Gasteiger partial charge in [0, 0.05) is 11.7 Å². The zero-order chi connectivity index (χ0) is 13.0. The molecule has 0 aliphatic rings. The highest BCUT2D eigenvalue weighted by atomic mass is 16.2. The number of aryl methyl sites for hydroxylation is 2. The van der Waals surface area contributed by atoms with Crippen LogP contribution in [0.1, 0.15) is 25.0 Å². The van der Waals surface area contributed by atoms with E-state index < -0.39 is 11.8 Å². The van der Waals surface area contributed by atoms with Crippen LogP contribution in [0.15, 0.2) is 18.2 Å². The lowest BCUT2D eigenvalue weighted by Crippen LogP contribution is -2.39. The van der Waals surface area contributed by atoms with Crippen molar-refractivity contribution >= 4 is 17.5 Å². The molecule has 0 aliphatic heterocycles. The van der Waals surface area contributed by atoms with Crippen molar-refractivity contribution in [3.8, 4) is 0 Å². The number of amides is 2. The number of rotatable bonds is 2. The number of carbonyl (C=O) groups excluding carboxylic acids is 2. The molecule has 1 aromatic rings. The number of benzene rings is 1. The number of nitrogens with one attached hydrogen (secondary N) is 2. The first-order valence-corrected chi connectivity index (χ1v) is 5.59. The quantitative estimate of drug-likeness (QED) is 0.766. The predicted octanol–water partition coefficient (Wildman–Crippen LogP) is 1.77. The summed E-state index contributed by atoms with van der Waals surface area (Å²) in [5.41, 5.74) is 2.72. The van der Waals surface area contributed by atoms with Crippen LogP contribution in [0.2, 0.25) is 0 Å². The van der Waals surface area contributed by atoms with Gasteiger partial charge in [0.2, 0.25) is 0 Å². The maximum atomic E-state index is 11.6. The van der Waals surface area contributed by atoms with E-state index in [4.69, 9.17) is 0 Å². The predicted molar refractivity (Wildman–Crippen MR) is 67.8 cm³/mol. The standard InChI is InChI=1S/C13H18N2O2/c1-8(2)14-12(16)13(17)15-11-6-5-9(3)7-10(11)4/h5-8H,1-4H3,(H,14,16)(H,15,17). The van der Waals surface area contributed by atoms with E-state index in [0.29, 0.717) is 5.69 Å². The van der Waals surface area contributed by atoms with Gasteiger partial charge in [0.05, 0.1) is 0 Å². The van der Waals surface area contributed by atoms with Crippen molar-refractivity contribution in [3.05, 3.63) is 29.3 Å². The smallest absolute Gasteiger partial charge is 0.313 e. The first-order chi connectivity index (χ1) is 7.90. The van der Waals surface area contributed by atoms with Crippen molar-refractivity contribution in [2.24, 2.45) is 0 Å². The number of anilines is 1. The van der Waals surface area contributed by atoms with Crippen molar-refractivity contribution in [1.29, 1.82) is 0 Å². The van der Waals surface area contributed by atoms with Gasteiger partial charge in [-0.2, -0.15) is 0 Å². The molecule has 0 aliphatic carbocycles. The molecule has 2 amide bonds. The second-order valence-electron chi connectivity index (χ2n) is 4.40. The van der Waals surface area contributed by atoms with Crippen LogP contribution in [-0.2, 0) is 9.59 Å². The van der Waals surface area contributed by atoms with Gasteiger partial charge in [-0.25, -0.2) is 0 Å². The van der Waals surface area contributed by atoms with Gasteiger partial charge in [-0.3, -0.25) is 9.59 Å². The minimum Gasteiger partial charge on any atom is -0.346 e. The molecule has 0 spiro atoms. The fourth-order valence-corrected chi connectivity index (χ4v) is 1.46.